The predicted molar refractivity (Wildman–Crippen MR) is 74.4 cm³/mol. The highest BCUT2D eigenvalue weighted by Crippen LogP contribution is 2.18. The molecule has 1 saturated heterocycles. The van der Waals surface area contributed by atoms with Crippen LogP contribution in [-0.2, 0) is 4.74 Å². The van der Waals surface area contributed by atoms with Gasteiger partial charge in [0.15, 0.2) is 0 Å². The van der Waals surface area contributed by atoms with E-state index in [2.05, 4.69) is 32.6 Å². The molecule has 0 spiro atoms. The lowest BCUT2D eigenvalue weighted by atomic mass is 10.0. The summed E-state index contributed by atoms with van der Waals surface area (Å²) in [6.45, 7) is 12.8. The quantitative estimate of drug-likeness (QED) is 0.674. The van der Waals surface area contributed by atoms with Gasteiger partial charge in [-0.2, -0.15) is 0 Å². The van der Waals surface area contributed by atoms with Crippen molar-refractivity contribution >= 4 is 0 Å². The average molecular weight is 241 g/mol. The molecule has 0 aromatic rings. The number of rotatable bonds is 7. The summed E-state index contributed by atoms with van der Waals surface area (Å²) in [5.74, 6) is 0.799. The van der Waals surface area contributed by atoms with Crippen LogP contribution in [0.2, 0.25) is 0 Å². The molecule has 0 N–H and O–H groups in total. The third-order valence-electron chi connectivity index (χ3n) is 3.65. The highest BCUT2D eigenvalue weighted by Gasteiger charge is 2.20. The van der Waals surface area contributed by atoms with Crippen LogP contribution in [0.4, 0.5) is 0 Å². The Bertz CT molecular complexity index is 185. The first-order valence-electron chi connectivity index (χ1n) is 7.49. The third kappa shape index (κ3) is 6.42. The fourth-order valence-corrected chi connectivity index (χ4v) is 2.55. The van der Waals surface area contributed by atoms with Crippen molar-refractivity contribution < 1.29 is 4.74 Å². The molecular formula is C15H31NO. The number of likely N-dealkylation sites (tertiary alicyclic amines) is 1. The Morgan fingerprint density at radius 1 is 1.12 bits per heavy atom. The monoisotopic (exact) mass is 241 g/mol. The lowest BCUT2D eigenvalue weighted by Gasteiger charge is -2.33. The molecule has 2 nitrogen and oxygen atoms in total. The standard InChI is InChI=1S/C15H31NO/c1-5-10-16-11-8-15(9-12-16)17-14(4)7-6-13(2)3/h13-15H,5-12H2,1-4H3/t14-/m0/s1. The van der Waals surface area contributed by atoms with E-state index < -0.39 is 0 Å². The van der Waals surface area contributed by atoms with Crippen LogP contribution in [-0.4, -0.2) is 36.7 Å². The molecule has 102 valence electrons. The highest BCUT2D eigenvalue weighted by atomic mass is 16.5. The van der Waals surface area contributed by atoms with Crippen molar-refractivity contribution in [2.75, 3.05) is 19.6 Å². The number of ether oxygens (including phenoxy) is 1. The summed E-state index contributed by atoms with van der Waals surface area (Å²) in [6.07, 6.45) is 7.20. The van der Waals surface area contributed by atoms with E-state index in [9.17, 15) is 0 Å². The molecule has 1 heterocycles. The van der Waals surface area contributed by atoms with Crippen LogP contribution in [0.1, 0.15) is 59.8 Å². The fourth-order valence-electron chi connectivity index (χ4n) is 2.55. The molecule has 0 aliphatic carbocycles. The van der Waals surface area contributed by atoms with Crippen molar-refractivity contribution in [1.29, 1.82) is 0 Å². The van der Waals surface area contributed by atoms with Gasteiger partial charge in [-0.25, -0.2) is 0 Å². The van der Waals surface area contributed by atoms with Crippen molar-refractivity contribution in [3.63, 3.8) is 0 Å². The van der Waals surface area contributed by atoms with Crippen LogP contribution in [0.5, 0.6) is 0 Å². The van der Waals surface area contributed by atoms with Crippen molar-refractivity contribution in [1.82, 2.24) is 4.90 Å². The number of piperidine rings is 1. The van der Waals surface area contributed by atoms with E-state index in [1.807, 2.05) is 0 Å². The summed E-state index contributed by atoms with van der Waals surface area (Å²) in [4.78, 5) is 2.57. The summed E-state index contributed by atoms with van der Waals surface area (Å²) in [5.41, 5.74) is 0. The first-order chi connectivity index (χ1) is 8.11. The summed E-state index contributed by atoms with van der Waals surface area (Å²) in [7, 11) is 0. The molecule has 0 saturated carbocycles. The zero-order valence-corrected chi connectivity index (χ0v) is 12.2. The van der Waals surface area contributed by atoms with E-state index in [1.54, 1.807) is 0 Å². The van der Waals surface area contributed by atoms with Gasteiger partial charge in [0.2, 0.25) is 0 Å². The molecule has 0 amide bonds. The first kappa shape index (κ1) is 15.0. The van der Waals surface area contributed by atoms with E-state index in [0.29, 0.717) is 12.2 Å². The lowest BCUT2D eigenvalue weighted by Crippen LogP contribution is -2.38. The third-order valence-corrected chi connectivity index (χ3v) is 3.65. The van der Waals surface area contributed by atoms with Gasteiger partial charge in [-0.05, 0) is 51.5 Å². The van der Waals surface area contributed by atoms with E-state index in [-0.39, 0.29) is 0 Å². The Morgan fingerprint density at radius 2 is 1.76 bits per heavy atom. The first-order valence-corrected chi connectivity index (χ1v) is 7.49. The Labute approximate surface area is 108 Å². The van der Waals surface area contributed by atoms with Crippen LogP contribution >= 0.6 is 0 Å². The maximum atomic E-state index is 6.14. The minimum atomic E-state index is 0.445. The summed E-state index contributed by atoms with van der Waals surface area (Å²) < 4.78 is 6.14. The Kier molecular flexibility index (Phi) is 7.14. The van der Waals surface area contributed by atoms with Gasteiger partial charge in [-0.1, -0.05) is 20.8 Å². The van der Waals surface area contributed by atoms with Crippen molar-refractivity contribution in [3.8, 4) is 0 Å². The topological polar surface area (TPSA) is 12.5 Å². The molecule has 0 unspecified atom stereocenters. The van der Waals surface area contributed by atoms with E-state index in [4.69, 9.17) is 4.74 Å². The van der Waals surface area contributed by atoms with Gasteiger partial charge >= 0.3 is 0 Å². The number of hydrogen-bond acceptors (Lipinski definition) is 2. The van der Waals surface area contributed by atoms with Crippen LogP contribution in [0.15, 0.2) is 0 Å². The summed E-state index contributed by atoms with van der Waals surface area (Å²) in [6, 6.07) is 0. The van der Waals surface area contributed by atoms with Crippen molar-refractivity contribution in [2.24, 2.45) is 5.92 Å². The minimum Gasteiger partial charge on any atom is -0.375 e. The maximum Gasteiger partial charge on any atom is 0.0603 e. The van der Waals surface area contributed by atoms with Gasteiger partial charge in [-0.15, -0.1) is 0 Å². The molecular weight excluding hydrogens is 210 g/mol. The predicted octanol–water partition coefficient (Wildman–Crippen LogP) is 3.70. The van der Waals surface area contributed by atoms with Gasteiger partial charge in [0.1, 0.15) is 0 Å². The van der Waals surface area contributed by atoms with Gasteiger partial charge in [0.05, 0.1) is 12.2 Å². The lowest BCUT2D eigenvalue weighted by molar-refractivity contribution is -0.0390. The molecule has 1 atom stereocenters. The van der Waals surface area contributed by atoms with Crippen LogP contribution in [0.3, 0.4) is 0 Å². The van der Waals surface area contributed by atoms with Gasteiger partial charge in [0.25, 0.3) is 0 Å². The molecule has 1 rings (SSSR count). The van der Waals surface area contributed by atoms with Crippen molar-refractivity contribution in [3.05, 3.63) is 0 Å². The molecule has 1 fully saturated rings. The highest BCUT2D eigenvalue weighted by molar-refractivity contribution is 4.73. The van der Waals surface area contributed by atoms with Gasteiger partial charge < -0.3 is 9.64 Å². The second-order valence-corrected chi connectivity index (χ2v) is 5.96. The number of hydrogen-bond donors (Lipinski definition) is 0. The molecule has 0 aromatic carbocycles. The molecule has 0 aromatic heterocycles. The number of nitrogens with zero attached hydrogens (tertiary/aromatic N) is 1. The van der Waals surface area contributed by atoms with Crippen LogP contribution < -0.4 is 0 Å². The molecule has 0 bridgehead atoms. The maximum absolute atomic E-state index is 6.14. The Morgan fingerprint density at radius 3 is 2.29 bits per heavy atom. The molecule has 1 aliphatic heterocycles. The van der Waals surface area contributed by atoms with Gasteiger partial charge in [-0.3, -0.25) is 0 Å². The summed E-state index contributed by atoms with van der Waals surface area (Å²) in [5, 5.41) is 0. The second-order valence-electron chi connectivity index (χ2n) is 5.96. The van der Waals surface area contributed by atoms with E-state index in [0.717, 1.165) is 5.92 Å². The zero-order valence-electron chi connectivity index (χ0n) is 12.2. The SMILES string of the molecule is CCCN1CCC(O[C@@H](C)CCC(C)C)CC1. The van der Waals surface area contributed by atoms with Crippen LogP contribution in [0, 0.1) is 5.92 Å². The summed E-state index contributed by atoms with van der Waals surface area (Å²) >= 11 is 0. The molecule has 0 radical (unpaired) electrons. The normalized spacial score (nSPS) is 21.0. The minimum absolute atomic E-state index is 0.445. The molecule has 2 heteroatoms. The van der Waals surface area contributed by atoms with Crippen LogP contribution in [0.25, 0.3) is 0 Å². The van der Waals surface area contributed by atoms with Crippen molar-refractivity contribution in [2.45, 2.75) is 72.0 Å². The average Bonchev–Trinajstić information content (AvgIpc) is 2.29. The zero-order chi connectivity index (χ0) is 12.7. The Hall–Kier alpha value is -0.0800. The largest absolute Gasteiger partial charge is 0.375 e. The van der Waals surface area contributed by atoms with Gasteiger partial charge in [0, 0.05) is 13.1 Å². The van der Waals surface area contributed by atoms with E-state index >= 15 is 0 Å². The van der Waals surface area contributed by atoms with E-state index in [1.165, 1.54) is 51.7 Å². The second kappa shape index (κ2) is 8.10. The molecule has 1 aliphatic rings. The molecule has 17 heavy (non-hydrogen) atoms. The Balaban J connectivity index is 2.12. The smallest absolute Gasteiger partial charge is 0.0603 e. The fraction of sp³-hybridized carbons (Fsp3) is 1.00.